The van der Waals surface area contributed by atoms with Crippen molar-refractivity contribution in [1.29, 1.82) is 0 Å². The van der Waals surface area contributed by atoms with Gasteiger partial charge < -0.3 is 10.1 Å². The Hall–Kier alpha value is -3.36. The number of ether oxygens (including phenoxy) is 1. The van der Waals surface area contributed by atoms with Crippen LogP contribution in [0, 0.1) is 0 Å². The van der Waals surface area contributed by atoms with Crippen molar-refractivity contribution in [3.8, 4) is 5.75 Å². The van der Waals surface area contributed by atoms with E-state index in [-0.39, 0.29) is 22.7 Å². The van der Waals surface area contributed by atoms with Crippen molar-refractivity contribution in [1.82, 2.24) is 9.78 Å². The van der Waals surface area contributed by atoms with Crippen molar-refractivity contribution in [2.24, 2.45) is 7.05 Å². The van der Waals surface area contributed by atoms with Crippen LogP contribution in [0.1, 0.15) is 10.5 Å². The summed E-state index contributed by atoms with van der Waals surface area (Å²) in [5.41, 5.74) is -0.0848. The van der Waals surface area contributed by atoms with Crippen molar-refractivity contribution in [3.05, 3.63) is 64.6 Å². The fourth-order valence-corrected chi connectivity index (χ4v) is 2.49. The summed E-state index contributed by atoms with van der Waals surface area (Å²) in [7, 11) is 1.43. The molecule has 0 unspecified atom stereocenters. The molecule has 0 aliphatic carbocycles. The van der Waals surface area contributed by atoms with Crippen molar-refractivity contribution >= 4 is 22.4 Å². The molecule has 1 aromatic heterocycles. The van der Waals surface area contributed by atoms with Gasteiger partial charge in [-0.3, -0.25) is 9.59 Å². The number of fused-ring (bicyclic) bond motifs is 1. The largest absolute Gasteiger partial charge is 0.484 e. The molecule has 1 heterocycles. The molecule has 27 heavy (non-hydrogen) atoms. The van der Waals surface area contributed by atoms with Gasteiger partial charge in [0, 0.05) is 24.2 Å². The first-order valence-electron chi connectivity index (χ1n) is 7.81. The fourth-order valence-electron chi connectivity index (χ4n) is 2.49. The first-order chi connectivity index (χ1) is 12.7. The maximum Gasteiger partial charge on any atom is 0.422 e. The number of hydrogen-bond acceptors (Lipinski definition) is 4. The third-order valence-electron chi connectivity index (χ3n) is 3.67. The van der Waals surface area contributed by atoms with Gasteiger partial charge in [-0.15, -0.1) is 0 Å². The summed E-state index contributed by atoms with van der Waals surface area (Å²) < 4.78 is 42.5. The van der Waals surface area contributed by atoms with Crippen molar-refractivity contribution in [2.45, 2.75) is 6.18 Å². The van der Waals surface area contributed by atoms with E-state index >= 15 is 0 Å². The van der Waals surface area contributed by atoms with Crippen LogP contribution in [0.25, 0.3) is 10.8 Å². The number of aryl methyl sites for hydroxylation is 1. The second kappa shape index (κ2) is 7.10. The average Bonchev–Trinajstić information content (AvgIpc) is 2.63. The van der Waals surface area contributed by atoms with E-state index in [0.717, 1.165) is 4.68 Å². The molecule has 0 saturated carbocycles. The lowest BCUT2D eigenvalue weighted by atomic mass is 10.1. The van der Waals surface area contributed by atoms with Gasteiger partial charge in [-0.05, 0) is 18.2 Å². The minimum absolute atomic E-state index is 0.0225. The summed E-state index contributed by atoms with van der Waals surface area (Å²) in [5, 5.41) is 7.27. The van der Waals surface area contributed by atoms with Gasteiger partial charge in [0.2, 0.25) is 0 Å². The summed E-state index contributed by atoms with van der Waals surface area (Å²) in [6.45, 7) is -1.43. The molecule has 140 valence electrons. The molecule has 0 fully saturated rings. The molecule has 3 rings (SSSR count). The molecule has 6 nitrogen and oxygen atoms in total. The van der Waals surface area contributed by atoms with Crippen molar-refractivity contribution < 1.29 is 22.7 Å². The van der Waals surface area contributed by atoms with E-state index in [1.807, 2.05) is 0 Å². The SMILES string of the molecule is Cn1nc(C(=O)Nc2cccc(OCC(F)(F)F)c2)c2ccccc2c1=O. The second-order valence-corrected chi connectivity index (χ2v) is 5.71. The van der Waals surface area contributed by atoms with Crippen molar-refractivity contribution in [2.75, 3.05) is 11.9 Å². The van der Waals surface area contributed by atoms with Crippen LogP contribution in [-0.2, 0) is 7.05 Å². The number of amides is 1. The van der Waals surface area contributed by atoms with Crippen LogP contribution in [0.3, 0.4) is 0 Å². The number of benzene rings is 2. The van der Waals surface area contributed by atoms with Crippen LogP contribution in [0.5, 0.6) is 5.75 Å². The molecule has 0 saturated heterocycles. The lowest BCUT2D eigenvalue weighted by molar-refractivity contribution is -0.153. The third-order valence-corrected chi connectivity index (χ3v) is 3.67. The van der Waals surface area contributed by atoms with Crippen molar-refractivity contribution in [3.63, 3.8) is 0 Å². The normalized spacial score (nSPS) is 11.4. The van der Waals surface area contributed by atoms with E-state index < -0.39 is 18.7 Å². The molecule has 9 heteroatoms. The van der Waals surface area contributed by atoms with E-state index in [9.17, 15) is 22.8 Å². The van der Waals surface area contributed by atoms with Crippen LogP contribution < -0.4 is 15.6 Å². The van der Waals surface area contributed by atoms with Gasteiger partial charge in [-0.25, -0.2) is 4.68 Å². The minimum Gasteiger partial charge on any atom is -0.484 e. The topological polar surface area (TPSA) is 73.2 Å². The van der Waals surface area contributed by atoms with Gasteiger partial charge >= 0.3 is 6.18 Å². The first kappa shape index (κ1) is 18.4. The Labute approximate surface area is 151 Å². The fraction of sp³-hybridized carbons (Fsp3) is 0.167. The van der Waals surface area contributed by atoms with Gasteiger partial charge in [0.25, 0.3) is 11.5 Å². The Bertz CT molecular complexity index is 1060. The predicted octanol–water partition coefficient (Wildman–Crippen LogP) is 3.13. The summed E-state index contributed by atoms with van der Waals surface area (Å²) >= 11 is 0. The number of carbonyl (C=O) groups is 1. The second-order valence-electron chi connectivity index (χ2n) is 5.71. The molecular formula is C18H14F3N3O3. The Balaban J connectivity index is 1.87. The number of carbonyl (C=O) groups excluding carboxylic acids is 1. The van der Waals surface area contributed by atoms with E-state index in [2.05, 4.69) is 15.2 Å². The van der Waals surface area contributed by atoms with Gasteiger partial charge in [-0.1, -0.05) is 24.3 Å². The third kappa shape index (κ3) is 4.25. The maximum absolute atomic E-state index is 12.6. The lowest BCUT2D eigenvalue weighted by Gasteiger charge is -2.11. The van der Waals surface area contributed by atoms with Crippen LogP contribution in [0.2, 0.25) is 0 Å². The molecule has 0 aliphatic heterocycles. The predicted molar refractivity (Wildman–Crippen MR) is 92.9 cm³/mol. The monoisotopic (exact) mass is 377 g/mol. The summed E-state index contributed by atoms with van der Waals surface area (Å²) in [4.78, 5) is 24.7. The van der Waals surface area contributed by atoms with E-state index in [1.165, 1.54) is 31.3 Å². The van der Waals surface area contributed by atoms with Gasteiger partial charge in [0.15, 0.2) is 12.3 Å². The number of anilines is 1. The van der Waals surface area contributed by atoms with E-state index in [4.69, 9.17) is 0 Å². The highest BCUT2D eigenvalue weighted by Crippen LogP contribution is 2.22. The molecule has 0 atom stereocenters. The number of alkyl halides is 3. The summed E-state index contributed by atoms with van der Waals surface area (Å²) in [5.74, 6) is -0.641. The Morgan fingerprint density at radius 1 is 1.15 bits per heavy atom. The highest BCUT2D eigenvalue weighted by atomic mass is 19.4. The molecule has 0 spiro atoms. The van der Waals surface area contributed by atoms with Gasteiger partial charge in [-0.2, -0.15) is 18.3 Å². The smallest absolute Gasteiger partial charge is 0.422 e. The number of aromatic nitrogens is 2. The molecule has 0 aliphatic rings. The molecule has 0 bridgehead atoms. The van der Waals surface area contributed by atoms with Gasteiger partial charge in [0.1, 0.15) is 5.75 Å². The Morgan fingerprint density at radius 3 is 2.56 bits per heavy atom. The Kier molecular flexibility index (Phi) is 4.85. The summed E-state index contributed by atoms with van der Waals surface area (Å²) in [6, 6.07) is 12.1. The highest BCUT2D eigenvalue weighted by Gasteiger charge is 2.28. The van der Waals surface area contributed by atoms with E-state index in [1.54, 1.807) is 24.3 Å². The standard InChI is InChI=1S/C18H14F3N3O3/c1-24-17(26)14-8-3-2-7-13(14)15(23-24)16(25)22-11-5-4-6-12(9-11)27-10-18(19,20)21/h2-9H,10H2,1H3,(H,22,25). The average molecular weight is 377 g/mol. The zero-order chi connectivity index (χ0) is 19.6. The maximum atomic E-state index is 12.6. The zero-order valence-electron chi connectivity index (χ0n) is 14.1. The molecule has 2 aromatic carbocycles. The number of rotatable bonds is 4. The first-order valence-corrected chi connectivity index (χ1v) is 7.81. The molecular weight excluding hydrogens is 363 g/mol. The number of hydrogen-bond donors (Lipinski definition) is 1. The Morgan fingerprint density at radius 2 is 1.85 bits per heavy atom. The highest BCUT2D eigenvalue weighted by molar-refractivity contribution is 6.11. The molecule has 3 aromatic rings. The zero-order valence-corrected chi connectivity index (χ0v) is 14.1. The van der Waals surface area contributed by atoms with Crippen LogP contribution in [-0.4, -0.2) is 28.5 Å². The minimum atomic E-state index is -4.46. The van der Waals surface area contributed by atoms with Crippen LogP contribution in [0.4, 0.5) is 18.9 Å². The van der Waals surface area contributed by atoms with Crippen LogP contribution >= 0.6 is 0 Å². The lowest BCUT2D eigenvalue weighted by Crippen LogP contribution is -2.25. The molecule has 1 amide bonds. The van der Waals surface area contributed by atoms with Crippen LogP contribution in [0.15, 0.2) is 53.3 Å². The van der Waals surface area contributed by atoms with E-state index in [0.29, 0.717) is 10.8 Å². The quantitative estimate of drug-likeness (QED) is 0.758. The number of nitrogens with zero attached hydrogens (tertiary/aromatic N) is 2. The van der Waals surface area contributed by atoms with Gasteiger partial charge in [0.05, 0.1) is 5.39 Å². The molecule has 0 radical (unpaired) electrons. The number of halogens is 3. The molecule has 1 N–H and O–H groups in total. The number of nitrogens with one attached hydrogen (secondary N) is 1. The summed E-state index contributed by atoms with van der Waals surface area (Å²) in [6.07, 6.45) is -4.46.